The van der Waals surface area contributed by atoms with Gasteiger partial charge >= 0.3 is 0 Å². The van der Waals surface area contributed by atoms with Gasteiger partial charge in [0.25, 0.3) is 0 Å². The van der Waals surface area contributed by atoms with Crippen LogP contribution in [0.5, 0.6) is 5.75 Å². The third-order valence-corrected chi connectivity index (χ3v) is 8.45. The standard InChI is InChI=1S/C27H33N3O/c1-4-5-24-25-12-8-20-16-22(31-3)11-13-23(20)27(25)15-14-26(24,2)18-30(27)29-21-9-6-19(17-28)7-10-21/h6-7,9-11,13,16,24-25,29H,4-5,8,12,14-15,18H2,1-3H3/t24-,25-,26+,27-/m0/s1. The zero-order valence-electron chi connectivity index (χ0n) is 18.9. The highest BCUT2D eigenvalue weighted by Gasteiger charge is 2.63. The van der Waals surface area contributed by atoms with Gasteiger partial charge in [0, 0.05) is 12.2 Å². The fourth-order valence-electron chi connectivity index (χ4n) is 7.03. The average molecular weight is 416 g/mol. The van der Waals surface area contributed by atoms with Crippen molar-refractivity contribution in [1.82, 2.24) is 5.01 Å². The van der Waals surface area contributed by atoms with Gasteiger partial charge in [0.05, 0.1) is 24.3 Å². The van der Waals surface area contributed by atoms with Crippen molar-refractivity contribution in [1.29, 1.82) is 5.26 Å². The zero-order chi connectivity index (χ0) is 21.6. The molecule has 4 heteroatoms. The normalized spacial score (nSPS) is 31.4. The van der Waals surface area contributed by atoms with Gasteiger partial charge in [0.2, 0.25) is 0 Å². The first kappa shape index (κ1) is 20.4. The molecule has 6 rings (SSSR count). The zero-order valence-corrected chi connectivity index (χ0v) is 18.9. The second-order valence-corrected chi connectivity index (χ2v) is 10.0. The molecule has 3 fully saturated rings. The summed E-state index contributed by atoms with van der Waals surface area (Å²) in [5, 5.41) is 11.7. The molecule has 1 saturated carbocycles. The Morgan fingerprint density at radius 3 is 2.71 bits per heavy atom. The van der Waals surface area contributed by atoms with Crippen LogP contribution in [0.15, 0.2) is 42.5 Å². The van der Waals surface area contributed by atoms with Crippen molar-refractivity contribution in [2.45, 2.75) is 57.9 Å². The van der Waals surface area contributed by atoms with E-state index in [2.05, 4.69) is 48.6 Å². The third kappa shape index (κ3) is 3.05. The number of nitriles is 1. The maximum atomic E-state index is 9.16. The van der Waals surface area contributed by atoms with E-state index in [1.165, 1.54) is 43.2 Å². The van der Waals surface area contributed by atoms with Crippen LogP contribution in [-0.4, -0.2) is 18.7 Å². The van der Waals surface area contributed by atoms with Crippen molar-refractivity contribution in [3.63, 3.8) is 0 Å². The lowest BCUT2D eigenvalue weighted by Crippen LogP contribution is -2.70. The van der Waals surface area contributed by atoms with Gasteiger partial charge in [0.15, 0.2) is 0 Å². The summed E-state index contributed by atoms with van der Waals surface area (Å²) in [7, 11) is 1.76. The molecule has 0 radical (unpaired) electrons. The van der Waals surface area contributed by atoms with E-state index >= 15 is 0 Å². The molecule has 1 N–H and O–H groups in total. The lowest BCUT2D eigenvalue weighted by atomic mass is 9.47. The summed E-state index contributed by atoms with van der Waals surface area (Å²) in [5.41, 5.74) is 8.87. The van der Waals surface area contributed by atoms with Crippen molar-refractivity contribution in [2.75, 3.05) is 19.1 Å². The highest BCUT2D eigenvalue weighted by molar-refractivity contribution is 5.49. The molecule has 2 heterocycles. The molecular formula is C27H33N3O. The Balaban J connectivity index is 1.60. The molecule has 162 valence electrons. The fraction of sp³-hybridized carbons (Fsp3) is 0.519. The van der Waals surface area contributed by atoms with E-state index < -0.39 is 0 Å². The Labute approximate surface area is 186 Å². The number of hydrogen-bond donors (Lipinski definition) is 1. The number of hydrogen-bond acceptors (Lipinski definition) is 4. The predicted octanol–water partition coefficient (Wildman–Crippen LogP) is 5.88. The Morgan fingerprint density at radius 2 is 2.00 bits per heavy atom. The first-order valence-corrected chi connectivity index (χ1v) is 11.8. The van der Waals surface area contributed by atoms with Crippen molar-refractivity contribution < 1.29 is 4.74 Å². The van der Waals surface area contributed by atoms with Gasteiger partial charge in [-0.3, -0.25) is 0 Å². The van der Waals surface area contributed by atoms with Crippen LogP contribution < -0.4 is 10.2 Å². The number of ether oxygens (including phenoxy) is 1. The number of benzene rings is 2. The van der Waals surface area contributed by atoms with E-state index in [9.17, 15) is 0 Å². The summed E-state index contributed by atoms with van der Waals surface area (Å²) in [6.07, 6.45) is 7.43. The minimum absolute atomic E-state index is 0.0192. The molecule has 4 atom stereocenters. The molecule has 2 aromatic carbocycles. The second-order valence-electron chi connectivity index (χ2n) is 10.0. The van der Waals surface area contributed by atoms with Gasteiger partial charge in [-0.1, -0.05) is 26.3 Å². The number of hydrazine groups is 1. The van der Waals surface area contributed by atoms with Crippen LogP contribution in [0.3, 0.4) is 0 Å². The number of methoxy groups -OCH3 is 1. The summed E-state index contributed by atoms with van der Waals surface area (Å²) < 4.78 is 5.56. The first-order chi connectivity index (χ1) is 15.0. The third-order valence-electron chi connectivity index (χ3n) is 8.45. The number of piperidine rings is 2. The van der Waals surface area contributed by atoms with Gasteiger partial charge in [-0.15, -0.1) is 0 Å². The highest BCUT2D eigenvalue weighted by Crippen LogP contribution is 2.64. The quantitative estimate of drug-likeness (QED) is 0.662. The van der Waals surface area contributed by atoms with E-state index in [4.69, 9.17) is 10.00 Å². The molecule has 31 heavy (non-hydrogen) atoms. The molecule has 4 nitrogen and oxygen atoms in total. The molecule has 1 spiro atoms. The summed E-state index contributed by atoms with van der Waals surface area (Å²) in [5.74, 6) is 2.38. The van der Waals surface area contributed by atoms with Crippen molar-refractivity contribution in [3.05, 3.63) is 59.2 Å². The van der Waals surface area contributed by atoms with Crippen molar-refractivity contribution >= 4 is 5.69 Å². The molecule has 0 amide bonds. The second kappa shape index (κ2) is 7.57. The number of anilines is 1. The molecule has 2 bridgehead atoms. The molecule has 2 aliphatic heterocycles. The van der Waals surface area contributed by atoms with E-state index in [1.807, 2.05) is 24.3 Å². The predicted molar refractivity (Wildman–Crippen MR) is 124 cm³/mol. The van der Waals surface area contributed by atoms with E-state index in [0.717, 1.165) is 30.3 Å². The maximum Gasteiger partial charge on any atom is 0.119 e. The average Bonchev–Trinajstić information content (AvgIpc) is 2.80. The fourth-order valence-corrected chi connectivity index (χ4v) is 7.03. The van der Waals surface area contributed by atoms with Crippen LogP contribution in [0.2, 0.25) is 0 Å². The van der Waals surface area contributed by atoms with Crippen LogP contribution in [0.25, 0.3) is 0 Å². The summed E-state index contributed by atoms with van der Waals surface area (Å²) in [4.78, 5) is 0. The molecule has 2 aliphatic carbocycles. The highest BCUT2D eigenvalue weighted by atomic mass is 16.5. The lowest BCUT2D eigenvalue weighted by molar-refractivity contribution is -0.167. The number of nitrogens with one attached hydrogen (secondary N) is 1. The van der Waals surface area contributed by atoms with Gasteiger partial charge in [-0.2, -0.15) is 5.26 Å². The number of rotatable bonds is 5. The number of fused-ring (bicyclic) bond motifs is 3. The Kier molecular flexibility index (Phi) is 4.98. The van der Waals surface area contributed by atoms with Crippen LogP contribution >= 0.6 is 0 Å². The summed E-state index contributed by atoms with van der Waals surface area (Å²) in [6, 6.07) is 16.9. The number of nitrogens with zero attached hydrogens (tertiary/aromatic N) is 2. The van der Waals surface area contributed by atoms with Gasteiger partial charge < -0.3 is 10.2 Å². The molecular weight excluding hydrogens is 382 g/mol. The number of aryl methyl sites for hydroxylation is 1. The van der Waals surface area contributed by atoms with Crippen molar-refractivity contribution in [3.8, 4) is 11.8 Å². The molecule has 4 aliphatic rings. The van der Waals surface area contributed by atoms with Crippen LogP contribution in [0, 0.1) is 28.6 Å². The van der Waals surface area contributed by atoms with E-state index in [-0.39, 0.29) is 5.54 Å². The van der Waals surface area contributed by atoms with E-state index in [1.54, 1.807) is 7.11 Å². The monoisotopic (exact) mass is 415 g/mol. The smallest absolute Gasteiger partial charge is 0.119 e. The largest absolute Gasteiger partial charge is 0.497 e. The first-order valence-electron chi connectivity index (χ1n) is 11.8. The minimum atomic E-state index is 0.0192. The van der Waals surface area contributed by atoms with Crippen molar-refractivity contribution in [2.24, 2.45) is 17.3 Å². The summed E-state index contributed by atoms with van der Waals surface area (Å²) in [6.45, 7) is 5.92. The Bertz CT molecular complexity index is 1010. The maximum absolute atomic E-state index is 9.16. The van der Waals surface area contributed by atoms with E-state index in [0.29, 0.717) is 16.9 Å². The topological polar surface area (TPSA) is 48.3 Å². The molecule has 0 unspecified atom stereocenters. The van der Waals surface area contributed by atoms with Crippen LogP contribution in [-0.2, 0) is 12.0 Å². The van der Waals surface area contributed by atoms with Gasteiger partial charge in [0.1, 0.15) is 5.75 Å². The van der Waals surface area contributed by atoms with Crippen LogP contribution in [0.1, 0.15) is 62.6 Å². The Morgan fingerprint density at radius 1 is 1.19 bits per heavy atom. The molecule has 2 aromatic rings. The molecule has 2 saturated heterocycles. The summed E-state index contributed by atoms with van der Waals surface area (Å²) >= 11 is 0. The van der Waals surface area contributed by atoms with Gasteiger partial charge in [-0.05, 0) is 96.9 Å². The van der Waals surface area contributed by atoms with Crippen LogP contribution in [0.4, 0.5) is 5.69 Å². The Hall–Kier alpha value is -2.51. The van der Waals surface area contributed by atoms with Gasteiger partial charge in [-0.25, -0.2) is 5.01 Å². The SMILES string of the molecule is CCC[C@H]1[C@@H]2CCc3cc(OC)ccc3[C@@]23CC[C@]1(C)CN3Nc1ccc(C#N)cc1. The minimum Gasteiger partial charge on any atom is -0.497 e. The molecule has 0 aromatic heterocycles. The lowest BCUT2D eigenvalue weighted by Gasteiger charge is -2.68.